The summed E-state index contributed by atoms with van der Waals surface area (Å²) in [6.07, 6.45) is 4.36. The summed E-state index contributed by atoms with van der Waals surface area (Å²) in [7, 11) is 0. The molecule has 7 nitrogen and oxygen atoms in total. The van der Waals surface area contributed by atoms with Gasteiger partial charge in [0.05, 0.1) is 17.0 Å². The molecule has 2 aromatic carbocycles. The normalized spacial score (nSPS) is 20.0. The van der Waals surface area contributed by atoms with Gasteiger partial charge >= 0.3 is 0 Å². The number of nitro groups is 1. The molecule has 0 saturated heterocycles. The van der Waals surface area contributed by atoms with Crippen molar-refractivity contribution in [2.75, 3.05) is 13.3 Å². The lowest BCUT2D eigenvalue weighted by Crippen LogP contribution is -2.31. The summed E-state index contributed by atoms with van der Waals surface area (Å²) >= 11 is 0. The number of rotatable bonds is 3. The van der Waals surface area contributed by atoms with Gasteiger partial charge in [0.1, 0.15) is 0 Å². The maximum Gasteiger partial charge on any atom is 0.277 e. The van der Waals surface area contributed by atoms with Crippen LogP contribution < -0.4 is 9.47 Å². The maximum atomic E-state index is 11.8. The van der Waals surface area contributed by atoms with Gasteiger partial charge in [0.2, 0.25) is 6.79 Å². The molecule has 0 saturated carbocycles. The summed E-state index contributed by atoms with van der Waals surface area (Å²) in [5, 5.41) is 13.2. The Balaban J connectivity index is 1.43. The van der Waals surface area contributed by atoms with Crippen LogP contribution in [0.4, 0.5) is 5.69 Å². The Labute approximate surface area is 180 Å². The molecule has 2 aliphatic heterocycles. The van der Waals surface area contributed by atoms with Crippen molar-refractivity contribution >= 4 is 16.6 Å². The van der Waals surface area contributed by atoms with Crippen LogP contribution in [0.2, 0.25) is 0 Å². The van der Waals surface area contributed by atoms with Crippen molar-refractivity contribution in [1.82, 2.24) is 9.47 Å². The number of fused-ring (bicyclic) bond motifs is 4. The number of ether oxygens (including phenoxy) is 2. The molecule has 0 spiro atoms. The van der Waals surface area contributed by atoms with Gasteiger partial charge in [0.25, 0.3) is 5.69 Å². The molecule has 0 fully saturated rings. The van der Waals surface area contributed by atoms with Gasteiger partial charge in [-0.3, -0.25) is 15.0 Å². The van der Waals surface area contributed by atoms with Crippen molar-refractivity contribution in [2.24, 2.45) is 0 Å². The molecule has 1 aliphatic carbocycles. The van der Waals surface area contributed by atoms with E-state index >= 15 is 0 Å². The van der Waals surface area contributed by atoms with E-state index in [-0.39, 0.29) is 23.4 Å². The Morgan fingerprint density at radius 3 is 2.81 bits per heavy atom. The molecular weight excluding hydrogens is 394 g/mol. The first-order chi connectivity index (χ1) is 15.1. The first-order valence-corrected chi connectivity index (χ1v) is 11.0. The fourth-order valence-corrected chi connectivity index (χ4v) is 5.67. The number of hydrogen-bond acceptors (Lipinski definition) is 5. The van der Waals surface area contributed by atoms with Crippen molar-refractivity contribution in [3.05, 3.63) is 62.8 Å². The van der Waals surface area contributed by atoms with Crippen molar-refractivity contribution < 1.29 is 14.4 Å². The second-order valence-electron chi connectivity index (χ2n) is 8.86. The molecule has 160 valence electrons. The number of hydrogen-bond donors (Lipinski definition) is 0. The van der Waals surface area contributed by atoms with E-state index in [0.717, 1.165) is 38.8 Å². The highest BCUT2D eigenvalue weighted by Crippen LogP contribution is 2.44. The summed E-state index contributed by atoms with van der Waals surface area (Å²) in [6, 6.07) is 10.4. The minimum Gasteiger partial charge on any atom is -0.454 e. The van der Waals surface area contributed by atoms with E-state index in [0.29, 0.717) is 23.6 Å². The summed E-state index contributed by atoms with van der Waals surface area (Å²) in [4.78, 5) is 13.9. The van der Waals surface area contributed by atoms with E-state index in [1.54, 1.807) is 6.07 Å². The largest absolute Gasteiger partial charge is 0.454 e. The fourth-order valence-electron chi connectivity index (χ4n) is 5.67. The topological polar surface area (TPSA) is 69.8 Å². The Morgan fingerprint density at radius 2 is 1.97 bits per heavy atom. The highest BCUT2D eigenvalue weighted by atomic mass is 16.7. The zero-order valence-electron chi connectivity index (χ0n) is 17.6. The van der Waals surface area contributed by atoms with Crippen molar-refractivity contribution in [2.45, 2.75) is 51.7 Å². The lowest BCUT2D eigenvalue weighted by Gasteiger charge is -2.33. The van der Waals surface area contributed by atoms with Gasteiger partial charge in [-0.2, -0.15) is 0 Å². The number of aromatic nitrogens is 1. The van der Waals surface area contributed by atoms with Gasteiger partial charge in [-0.1, -0.05) is 11.6 Å². The third-order valence-corrected chi connectivity index (χ3v) is 7.00. The predicted molar refractivity (Wildman–Crippen MR) is 117 cm³/mol. The van der Waals surface area contributed by atoms with Gasteiger partial charge in [-0.15, -0.1) is 0 Å². The lowest BCUT2D eigenvalue weighted by molar-refractivity contribution is -0.385. The minimum absolute atomic E-state index is 0.112. The molecule has 6 rings (SSSR count). The molecule has 0 radical (unpaired) electrons. The Bertz CT molecular complexity index is 1210. The third-order valence-electron chi connectivity index (χ3n) is 7.00. The SMILES string of the molecule is Cc1ccc2c(c1)c1c3n2CCCN(Cc2cc4c(cc2[N+](=O)[O-])OCO4)[C@@H]3CCC1. The van der Waals surface area contributed by atoms with Gasteiger partial charge < -0.3 is 14.0 Å². The second-order valence-corrected chi connectivity index (χ2v) is 8.86. The monoisotopic (exact) mass is 419 g/mol. The van der Waals surface area contributed by atoms with Crippen molar-refractivity contribution in [3.63, 3.8) is 0 Å². The molecule has 3 aromatic rings. The summed E-state index contributed by atoms with van der Waals surface area (Å²) < 4.78 is 13.4. The van der Waals surface area contributed by atoms with Crippen LogP contribution in [-0.2, 0) is 19.5 Å². The first-order valence-electron chi connectivity index (χ1n) is 11.0. The zero-order chi connectivity index (χ0) is 21.1. The Kier molecular flexibility index (Phi) is 4.21. The number of nitrogens with zero attached hydrogens (tertiary/aromatic N) is 3. The van der Waals surface area contributed by atoms with Crippen LogP contribution in [0.5, 0.6) is 11.5 Å². The average Bonchev–Trinajstić information content (AvgIpc) is 3.28. The van der Waals surface area contributed by atoms with Crippen LogP contribution in [0.25, 0.3) is 10.9 Å². The van der Waals surface area contributed by atoms with E-state index in [1.807, 2.05) is 0 Å². The van der Waals surface area contributed by atoms with Gasteiger partial charge in [0, 0.05) is 41.8 Å². The molecule has 1 aromatic heterocycles. The van der Waals surface area contributed by atoms with Crippen LogP contribution >= 0.6 is 0 Å². The molecular formula is C24H25N3O4. The molecule has 0 N–H and O–H groups in total. The number of benzene rings is 2. The second kappa shape index (κ2) is 6.99. The number of aryl methyl sites for hydroxylation is 3. The van der Waals surface area contributed by atoms with Crippen molar-refractivity contribution in [1.29, 1.82) is 0 Å². The highest BCUT2D eigenvalue weighted by molar-refractivity contribution is 5.87. The molecule has 31 heavy (non-hydrogen) atoms. The molecule has 1 atom stereocenters. The summed E-state index contributed by atoms with van der Waals surface area (Å²) in [5.41, 5.74) is 6.33. The first kappa shape index (κ1) is 18.7. The molecule has 0 unspecified atom stereocenters. The molecule has 3 aliphatic rings. The predicted octanol–water partition coefficient (Wildman–Crippen LogP) is 4.87. The molecule has 0 bridgehead atoms. The van der Waals surface area contributed by atoms with E-state index in [1.165, 1.54) is 33.8 Å². The van der Waals surface area contributed by atoms with E-state index < -0.39 is 0 Å². The van der Waals surface area contributed by atoms with Crippen LogP contribution in [0.3, 0.4) is 0 Å². The average molecular weight is 419 g/mol. The van der Waals surface area contributed by atoms with E-state index in [9.17, 15) is 10.1 Å². The highest BCUT2D eigenvalue weighted by Gasteiger charge is 2.35. The fraction of sp³-hybridized carbons (Fsp3) is 0.417. The van der Waals surface area contributed by atoms with Crippen LogP contribution in [0.1, 0.15) is 47.7 Å². The minimum atomic E-state index is -0.304. The quantitative estimate of drug-likeness (QED) is 0.447. The maximum absolute atomic E-state index is 11.8. The smallest absolute Gasteiger partial charge is 0.277 e. The molecule has 7 heteroatoms. The van der Waals surface area contributed by atoms with Gasteiger partial charge in [-0.05, 0) is 56.4 Å². The van der Waals surface area contributed by atoms with E-state index in [4.69, 9.17) is 9.47 Å². The van der Waals surface area contributed by atoms with Gasteiger partial charge in [-0.25, -0.2) is 0 Å². The Hall–Kier alpha value is -3.06. The van der Waals surface area contributed by atoms with E-state index in [2.05, 4.69) is 34.6 Å². The lowest BCUT2D eigenvalue weighted by atomic mass is 9.90. The Morgan fingerprint density at radius 1 is 1.13 bits per heavy atom. The summed E-state index contributed by atoms with van der Waals surface area (Å²) in [5.74, 6) is 1.06. The van der Waals surface area contributed by atoms with Crippen LogP contribution in [-0.4, -0.2) is 27.7 Å². The van der Waals surface area contributed by atoms with Crippen LogP contribution in [0, 0.1) is 17.0 Å². The third kappa shape index (κ3) is 2.91. The summed E-state index contributed by atoms with van der Waals surface area (Å²) in [6.45, 7) is 4.72. The van der Waals surface area contributed by atoms with Crippen molar-refractivity contribution in [3.8, 4) is 11.5 Å². The zero-order valence-corrected chi connectivity index (χ0v) is 17.6. The van der Waals surface area contributed by atoms with Gasteiger partial charge in [0.15, 0.2) is 11.5 Å². The standard InChI is InChI=1S/C24H25N3O4/c1-15-6-7-19-18(10-15)17-4-2-5-20-24(17)26(19)9-3-8-25(20)13-16-11-22-23(31-14-30-22)12-21(16)27(28)29/h6-7,10-12,20H,2-5,8-9,13-14H2,1H3/t20-/m1/s1. The molecule has 0 amide bonds. The number of nitro benzene ring substituents is 1. The molecule has 3 heterocycles. The van der Waals surface area contributed by atoms with Crippen LogP contribution in [0.15, 0.2) is 30.3 Å².